The Hall–Kier alpha value is -3.09. The molecular weight excluding hydrogens is 376 g/mol. The molecule has 156 valence electrons. The molecule has 7 nitrogen and oxygen atoms in total. The fraction of sp³-hybridized carbons (Fsp3) is 0.435. The molecule has 0 N–H and O–H groups in total. The van der Waals surface area contributed by atoms with E-state index in [0.29, 0.717) is 18.1 Å². The van der Waals surface area contributed by atoms with Crippen molar-refractivity contribution < 1.29 is 4.79 Å². The summed E-state index contributed by atoms with van der Waals surface area (Å²) >= 11 is 0. The van der Waals surface area contributed by atoms with E-state index in [4.69, 9.17) is 4.98 Å². The monoisotopic (exact) mass is 404 g/mol. The molecular formula is C23H28N6O. The second-order valence-corrected chi connectivity index (χ2v) is 7.96. The Labute approximate surface area is 177 Å². The van der Waals surface area contributed by atoms with Crippen LogP contribution in [0.15, 0.2) is 24.7 Å². The van der Waals surface area contributed by atoms with Gasteiger partial charge in [0.1, 0.15) is 11.5 Å². The van der Waals surface area contributed by atoms with Crippen molar-refractivity contribution in [2.24, 2.45) is 7.05 Å². The number of hydrogen-bond acceptors (Lipinski definition) is 5. The molecule has 0 aromatic carbocycles. The van der Waals surface area contributed by atoms with E-state index < -0.39 is 0 Å². The molecule has 0 aliphatic carbocycles. The number of nitrogens with zero attached hydrogens (tertiary/aromatic N) is 6. The molecule has 1 atom stereocenters. The summed E-state index contributed by atoms with van der Waals surface area (Å²) in [5.74, 6) is 0.739. The lowest BCUT2D eigenvalue weighted by Gasteiger charge is -2.26. The Morgan fingerprint density at radius 1 is 1.20 bits per heavy atom. The van der Waals surface area contributed by atoms with Crippen molar-refractivity contribution >= 4 is 5.91 Å². The third-order valence-corrected chi connectivity index (χ3v) is 6.00. The van der Waals surface area contributed by atoms with E-state index in [9.17, 15) is 4.79 Å². The molecule has 1 saturated heterocycles. The highest BCUT2D eigenvalue weighted by Gasteiger charge is 2.35. The lowest BCUT2D eigenvalue weighted by atomic mass is 9.97. The van der Waals surface area contributed by atoms with Gasteiger partial charge in [-0.25, -0.2) is 9.97 Å². The molecule has 4 heterocycles. The van der Waals surface area contributed by atoms with Gasteiger partial charge in [0.2, 0.25) is 0 Å². The fourth-order valence-corrected chi connectivity index (χ4v) is 4.47. The van der Waals surface area contributed by atoms with Crippen LogP contribution in [0.25, 0.3) is 11.1 Å². The van der Waals surface area contributed by atoms with Crippen molar-refractivity contribution in [1.82, 2.24) is 29.6 Å². The van der Waals surface area contributed by atoms with Gasteiger partial charge in [-0.1, -0.05) is 6.92 Å². The highest BCUT2D eigenvalue weighted by Crippen LogP contribution is 2.38. The number of amides is 1. The number of aromatic nitrogens is 5. The minimum Gasteiger partial charge on any atom is -0.329 e. The Morgan fingerprint density at radius 2 is 2.00 bits per heavy atom. The number of hydrogen-bond donors (Lipinski definition) is 0. The van der Waals surface area contributed by atoms with Crippen molar-refractivity contribution in [1.29, 1.82) is 0 Å². The van der Waals surface area contributed by atoms with Crippen LogP contribution in [-0.4, -0.2) is 42.1 Å². The molecule has 1 amide bonds. The van der Waals surface area contributed by atoms with Gasteiger partial charge in [-0.15, -0.1) is 0 Å². The highest BCUT2D eigenvalue weighted by atomic mass is 16.2. The smallest absolute Gasteiger partial charge is 0.272 e. The first-order chi connectivity index (χ1) is 14.4. The van der Waals surface area contributed by atoms with Crippen molar-refractivity contribution in [3.63, 3.8) is 0 Å². The predicted molar refractivity (Wildman–Crippen MR) is 115 cm³/mol. The van der Waals surface area contributed by atoms with Crippen LogP contribution in [0.2, 0.25) is 0 Å². The molecule has 30 heavy (non-hydrogen) atoms. The van der Waals surface area contributed by atoms with E-state index >= 15 is 0 Å². The largest absolute Gasteiger partial charge is 0.329 e. The van der Waals surface area contributed by atoms with Crippen molar-refractivity contribution in [2.45, 2.75) is 53.0 Å². The number of likely N-dealkylation sites (tertiary alicyclic amines) is 1. The summed E-state index contributed by atoms with van der Waals surface area (Å²) in [6, 6.07) is 1.91. The number of rotatable bonds is 4. The Kier molecular flexibility index (Phi) is 5.37. The van der Waals surface area contributed by atoms with Gasteiger partial charge < -0.3 is 4.90 Å². The van der Waals surface area contributed by atoms with E-state index in [0.717, 1.165) is 52.9 Å². The van der Waals surface area contributed by atoms with Gasteiger partial charge in [0.15, 0.2) is 0 Å². The van der Waals surface area contributed by atoms with Crippen LogP contribution < -0.4 is 0 Å². The summed E-state index contributed by atoms with van der Waals surface area (Å²) in [5, 5.41) is 4.55. The first-order valence-electron chi connectivity index (χ1n) is 10.5. The average Bonchev–Trinajstić information content (AvgIpc) is 3.32. The maximum Gasteiger partial charge on any atom is 0.272 e. The summed E-state index contributed by atoms with van der Waals surface area (Å²) in [5.41, 5.74) is 6.63. The third-order valence-electron chi connectivity index (χ3n) is 6.00. The van der Waals surface area contributed by atoms with Crippen LogP contribution in [-0.2, 0) is 13.5 Å². The lowest BCUT2D eigenvalue weighted by Crippen LogP contribution is -2.33. The summed E-state index contributed by atoms with van der Waals surface area (Å²) in [4.78, 5) is 29.1. The van der Waals surface area contributed by atoms with Crippen LogP contribution in [0, 0.1) is 20.8 Å². The zero-order chi connectivity index (χ0) is 21.4. The van der Waals surface area contributed by atoms with Gasteiger partial charge in [0, 0.05) is 43.3 Å². The molecule has 1 fully saturated rings. The van der Waals surface area contributed by atoms with Crippen molar-refractivity contribution in [3.8, 4) is 11.1 Å². The molecule has 1 aliphatic heterocycles. The van der Waals surface area contributed by atoms with E-state index in [1.54, 1.807) is 10.9 Å². The highest BCUT2D eigenvalue weighted by molar-refractivity contribution is 5.95. The maximum absolute atomic E-state index is 13.6. The summed E-state index contributed by atoms with van der Waals surface area (Å²) in [6.45, 7) is 8.70. The standard InChI is InChI=1S/C23H28N6O/c1-6-19-15(3)22(28(5)27-19)23(30)29-11-7-8-20(29)21-18(13-25-16(4)26-21)17-9-10-24-12-14(17)2/h9-10,12-13,20H,6-8,11H2,1-5H3/t20-/m1/s1. The van der Waals surface area contributed by atoms with E-state index in [1.165, 1.54) is 0 Å². The lowest BCUT2D eigenvalue weighted by molar-refractivity contribution is 0.0721. The van der Waals surface area contributed by atoms with Crippen LogP contribution in [0.5, 0.6) is 0 Å². The molecule has 1 aliphatic rings. The number of carbonyl (C=O) groups excluding carboxylic acids is 1. The first kappa shape index (κ1) is 20.2. The minimum atomic E-state index is -0.0823. The van der Waals surface area contributed by atoms with Crippen molar-refractivity contribution in [2.75, 3.05) is 6.54 Å². The van der Waals surface area contributed by atoms with E-state index in [1.807, 2.05) is 51.2 Å². The molecule has 3 aromatic rings. The second kappa shape index (κ2) is 7.97. The minimum absolute atomic E-state index is 0.0263. The zero-order valence-corrected chi connectivity index (χ0v) is 18.3. The Bertz CT molecular complexity index is 1100. The van der Waals surface area contributed by atoms with Crippen LogP contribution in [0.4, 0.5) is 0 Å². The van der Waals surface area contributed by atoms with Crippen LogP contribution in [0.3, 0.4) is 0 Å². The topological polar surface area (TPSA) is 76.8 Å². The second-order valence-electron chi connectivity index (χ2n) is 7.96. The predicted octanol–water partition coefficient (Wildman–Crippen LogP) is 3.74. The number of aryl methyl sites for hydroxylation is 4. The van der Waals surface area contributed by atoms with Gasteiger partial charge >= 0.3 is 0 Å². The summed E-state index contributed by atoms with van der Waals surface area (Å²) in [6.07, 6.45) is 8.16. The first-order valence-corrected chi connectivity index (χ1v) is 10.5. The van der Waals surface area contributed by atoms with Crippen LogP contribution >= 0.6 is 0 Å². The maximum atomic E-state index is 13.6. The molecule has 0 spiro atoms. The quantitative estimate of drug-likeness (QED) is 0.662. The van der Waals surface area contributed by atoms with Gasteiger partial charge in [0.25, 0.3) is 5.91 Å². The van der Waals surface area contributed by atoms with Crippen LogP contribution in [0.1, 0.15) is 64.6 Å². The molecule has 0 unspecified atom stereocenters. The summed E-state index contributed by atoms with van der Waals surface area (Å²) in [7, 11) is 1.85. The molecule has 0 bridgehead atoms. The summed E-state index contributed by atoms with van der Waals surface area (Å²) < 4.78 is 1.73. The van der Waals surface area contributed by atoms with Crippen molar-refractivity contribution in [3.05, 3.63) is 58.7 Å². The Balaban J connectivity index is 1.78. The van der Waals surface area contributed by atoms with E-state index in [2.05, 4.69) is 22.0 Å². The number of carbonyl (C=O) groups is 1. The molecule has 4 rings (SSSR count). The van der Waals surface area contributed by atoms with Gasteiger partial charge in [-0.2, -0.15) is 5.10 Å². The normalized spacial score (nSPS) is 16.3. The fourth-order valence-electron chi connectivity index (χ4n) is 4.47. The molecule has 3 aromatic heterocycles. The molecule has 0 radical (unpaired) electrons. The third kappa shape index (κ3) is 3.38. The van der Waals surface area contributed by atoms with Gasteiger partial charge in [0.05, 0.1) is 17.4 Å². The zero-order valence-electron chi connectivity index (χ0n) is 18.3. The Morgan fingerprint density at radius 3 is 2.70 bits per heavy atom. The SMILES string of the molecule is CCc1nn(C)c(C(=O)N2CCC[C@@H]2c2nc(C)ncc2-c2ccncc2C)c1C. The van der Waals surface area contributed by atoms with Gasteiger partial charge in [-0.05, 0) is 57.2 Å². The van der Waals surface area contributed by atoms with Gasteiger partial charge in [-0.3, -0.25) is 14.5 Å². The number of pyridine rings is 1. The molecule has 0 saturated carbocycles. The average molecular weight is 405 g/mol. The van der Waals surface area contributed by atoms with E-state index in [-0.39, 0.29) is 11.9 Å². The molecule has 7 heteroatoms.